The van der Waals surface area contributed by atoms with Gasteiger partial charge in [-0.2, -0.15) is 0 Å². The number of aryl methyl sites for hydroxylation is 1. The first kappa shape index (κ1) is 17.6. The fraction of sp³-hybridized carbons (Fsp3) is 0.200. The van der Waals surface area contributed by atoms with E-state index in [4.69, 9.17) is 0 Å². The first-order valence-corrected chi connectivity index (χ1v) is 7.96. The van der Waals surface area contributed by atoms with Crippen LogP contribution in [-0.2, 0) is 11.2 Å². The average molecular weight is 324 g/mol. The van der Waals surface area contributed by atoms with Crippen molar-refractivity contribution in [1.29, 1.82) is 0 Å². The maximum Gasteiger partial charge on any atom is 0.251 e. The van der Waals surface area contributed by atoms with E-state index in [2.05, 4.69) is 16.9 Å². The van der Waals surface area contributed by atoms with E-state index < -0.39 is 0 Å². The summed E-state index contributed by atoms with van der Waals surface area (Å²) in [6.07, 6.45) is 9.61. The van der Waals surface area contributed by atoms with Crippen molar-refractivity contribution in [1.82, 2.24) is 10.3 Å². The normalized spacial score (nSPS) is 11.1. The molecule has 1 aromatic carbocycles. The van der Waals surface area contributed by atoms with Crippen molar-refractivity contribution >= 4 is 11.5 Å². The van der Waals surface area contributed by atoms with Crippen LogP contribution in [0.5, 0.6) is 0 Å². The van der Waals surface area contributed by atoms with Gasteiger partial charge in [-0.3, -0.25) is 9.78 Å². The SMILES string of the molecule is C=CC=C(C(=O)NCCCCc1cccnc1)c1ccc(F)cc1. The molecule has 0 radical (unpaired) electrons. The van der Waals surface area contributed by atoms with Crippen molar-refractivity contribution < 1.29 is 9.18 Å². The van der Waals surface area contributed by atoms with Crippen LogP contribution in [0.1, 0.15) is 24.0 Å². The molecule has 0 aliphatic rings. The second-order valence-corrected chi connectivity index (χ2v) is 5.40. The molecule has 0 atom stereocenters. The number of carbonyl (C=O) groups excluding carboxylic acids is 1. The lowest BCUT2D eigenvalue weighted by Crippen LogP contribution is -2.25. The molecule has 0 spiro atoms. The highest BCUT2D eigenvalue weighted by molar-refractivity contribution is 6.19. The van der Waals surface area contributed by atoms with E-state index in [-0.39, 0.29) is 11.7 Å². The highest BCUT2D eigenvalue weighted by Gasteiger charge is 2.10. The summed E-state index contributed by atoms with van der Waals surface area (Å²) in [6.45, 7) is 4.22. The number of hydrogen-bond acceptors (Lipinski definition) is 2. The molecule has 1 heterocycles. The van der Waals surface area contributed by atoms with E-state index in [0.29, 0.717) is 17.7 Å². The van der Waals surface area contributed by atoms with E-state index in [1.165, 1.54) is 17.7 Å². The Bertz CT molecular complexity index is 693. The molecule has 0 saturated carbocycles. The van der Waals surface area contributed by atoms with Crippen molar-refractivity contribution in [3.63, 3.8) is 0 Å². The summed E-state index contributed by atoms with van der Waals surface area (Å²) >= 11 is 0. The summed E-state index contributed by atoms with van der Waals surface area (Å²) in [5.41, 5.74) is 2.35. The minimum atomic E-state index is -0.326. The molecule has 0 aliphatic heterocycles. The molecule has 0 fully saturated rings. The van der Waals surface area contributed by atoms with Crippen LogP contribution in [0.25, 0.3) is 5.57 Å². The number of amides is 1. The summed E-state index contributed by atoms with van der Waals surface area (Å²) in [5, 5.41) is 2.90. The van der Waals surface area contributed by atoms with E-state index in [1.807, 2.05) is 18.3 Å². The van der Waals surface area contributed by atoms with Crippen molar-refractivity contribution in [2.75, 3.05) is 6.54 Å². The zero-order valence-electron chi connectivity index (χ0n) is 13.5. The molecule has 0 saturated heterocycles. The van der Waals surface area contributed by atoms with Crippen LogP contribution in [0.4, 0.5) is 4.39 Å². The van der Waals surface area contributed by atoms with Crippen LogP contribution in [0, 0.1) is 5.82 Å². The third kappa shape index (κ3) is 5.47. The number of halogens is 1. The number of carbonyl (C=O) groups is 1. The molecular weight excluding hydrogens is 303 g/mol. The molecule has 3 nitrogen and oxygen atoms in total. The summed E-state index contributed by atoms with van der Waals surface area (Å²) in [4.78, 5) is 16.4. The lowest BCUT2D eigenvalue weighted by atomic mass is 10.0. The van der Waals surface area contributed by atoms with Gasteiger partial charge in [0.1, 0.15) is 5.82 Å². The van der Waals surface area contributed by atoms with Gasteiger partial charge >= 0.3 is 0 Å². The van der Waals surface area contributed by atoms with Gasteiger partial charge in [0.2, 0.25) is 0 Å². The van der Waals surface area contributed by atoms with Crippen molar-refractivity contribution in [3.05, 3.63) is 84.5 Å². The van der Waals surface area contributed by atoms with Crippen molar-refractivity contribution in [3.8, 4) is 0 Å². The third-order valence-electron chi connectivity index (χ3n) is 3.58. The van der Waals surface area contributed by atoms with Crippen LogP contribution in [0.2, 0.25) is 0 Å². The van der Waals surface area contributed by atoms with Gasteiger partial charge in [0, 0.05) is 24.5 Å². The molecule has 1 amide bonds. The topological polar surface area (TPSA) is 42.0 Å². The number of allylic oxidation sites excluding steroid dienone is 2. The third-order valence-corrected chi connectivity index (χ3v) is 3.58. The molecule has 2 aromatic rings. The van der Waals surface area contributed by atoms with E-state index in [1.54, 1.807) is 30.5 Å². The Labute approximate surface area is 141 Å². The van der Waals surface area contributed by atoms with Gasteiger partial charge in [0.05, 0.1) is 0 Å². The first-order chi connectivity index (χ1) is 11.7. The summed E-state index contributed by atoms with van der Waals surface area (Å²) in [7, 11) is 0. The number of rotatable bonds is 8. The maximum absolute atomic E-state index is 13.0. The van der Waals surface area contributed by atoms with Crippen LogP contribution in [0.15, 0.2) is 67.5 Å². The minimum Gasteiger partial charge on any atom is -0.352 e. The standard InChI is InChI=1S/C20H21FN2O/c1-2-6-19(17-9-11-18(21)12-10-17)20(24)23-14-4-3-7-16-8-5-13-22-15-16/h2,5-6,8-13,15H,1,3-4,7,14H2,(H,23,24). The highest BCUT2D eigenvalue weighted by atomic mass is 19.1. The molecule has 0 bridgehead atoms. The Morgan fingerprint density at radius 1 is 1.21 bits per heavy atom. The second kappa shape index (κ2) is 9.40. The molecule has 24 heavy (non-hydrogen) atoms. The monoisotopic (exact) mass is 324 g/mol. The van der Waals surface area contributed by atoms with Gasteiger partial charge in [0.25, 0.3) is 5.91 Å². The van der Waals surface area contributed by atoms with Crippen LogP contribution in [-0.4, -0.2) is 17.4 Å². The van der Waals surface area contributed by atoms with Gasteiger partial charge in [-0.05, 0) is 54.7 Å². The Balaban J connectivity index is 1.82. The maximum atomic E-state index is 13.0. The van der Waals surface area contributed by atoms with Gasteiger partial charge in [-0.1, -0.05) is 30.9 Å². The number of pyridine rings is 1. The van der Waals surface area contributed by atoms with Gasteiger partial charge in [0.15, 0.2) is 0 Å². The minimum absolute atomic E-state index is 0.178. The van der Waals surface area contributed by atoms with Gasteiger partial charge in [-0.25, -0.2) is 4.39 Å². The number of nitrogens with zero attached hydrogens (tertiary/aromatic N) is 1. The number of nitrogens with one attached hydrogen (secondary N) is 1. The van der Waals surface area contributed by atoms with Crippen LogP contribution < -0.4 is 5.32 Å². The fourth-order valence-corrected chi connectivity index (χ4v) is 2.35. The number of aromatic nitrogens is 1. The van der Waals surface area contributed by atoms with Gasteiger partial charge < -0.3 is 5.32 Å². The Morgan fingerprint density at radius 2 is 2.00 bits per heavy atom. The Morgan fingerprint density at radius 3 is 2.67 bits per heavy atom. The summed E-state index contributed by atoms with van der Waals surface area (Å²) in [5.74, 6) is -0.504. The summed E-state index contributed by atoms with van der Waals surface area (Å²) < 4.78 is 13.0. The number of hydrogen-bond donors (Lipinski definition) is 1. The van der Waals surface area contributed by atoms with Crippen LogP contribution >= 0.6 is 0 Å². The lowest BCUT2D eigenvalue weighted by molar-refractivity contribution is -0.115. The zero-order chi connectivity index (χ0) is 17.2. The smallest absolute Gasteiger partial charge is 0.251 e. The molecule has 1 aromatic heterocycles. The Kier molecular flexibility index (Phi) is 6.90. The lowest BCUT2D eigenvalue weighted by Gasteiger charge is -2.09. The van der Waals surface area contributed by atoms with Crippen LogP contribution in [0.3, 0.4) is 0 Å². The van der Waals surface area contributed by atoms with Gasteiger partial charge in [-0.15, -0.1) is 0 Å². The Hall–Kier alpha value is -2.75. The van der Waals surface area contributed by atoms with Crippen molar-refractivity contribution in [2.45, 2.75) is 19.3 Å². The number of unbranched alkanes of at least 4 members (excludes halogenated alkanes) is 1. The fourth-order valence-electron chi connectivity index (χ4n) is 2.35. The summed E-state index contributed by atoms with van der Waals surface area (Å²) in [6, 6.07) is 9.83. The molecule has 1 N–H and O–H groups in total. The largest absolute Gasteiger partial charge is 0.352 e. The molecule has 0 aliphatic carbocycles. The first-order valence-electron chi connectivity index (χ1n) is 7.96. The van der Waals surface area contributed by atoms with E-state index >= 15 is 0 Å². The zero-order valence-corrected chi connectivity index (χ0v) is 13.5. The van der Waals surface area contributed by atoms with Crippen molar-refractivity contribution in [2.24, 2.45) is 0 Å². The highest BCUT2D eigenvalue weighted by Crippen LogP contribution is 2.15. The molecule has 2 rings (SSSR count). The molecule has 0 unspecified atom stereocenters. The molecular formula is C20H21FN2O. The van der Waals surface area contributed by atoms with E-state index in [0.717, 1.165) is 19.3 Å². The second-order valence-electron chi connectivity index (χ2n) is 5.40. The van der Waals surface area contributed by atoms with E-state index in [9.17, 15) is 9.18 Å². The predicted molar refractivity (Wildman–Crippen MR) is 94.8 cm³/mol. The molecule has 4 heteroatoms. The number of benzene rings is 1. The quantitative estimate of drug-likeness (QED) is 0.454. The average Bonchev–Trinajstić information content (AvgIpc) is 2.61. The predicted octanol–water partition coefficient (Wildman–Crippen LogP) is 3.93. The molecule has 124 valence electrons.